The summed E-state index contributed by atoms with van der Waals surface area (Å²) in [4.78, 5) is 13.8. The van der Waals surface area contributed by atoms with Gasteiger partial charge in [0.05, 0.1) is 23.9 Å². The van der Waals surface area contributed by atoms with Crippen molar-refractivity contribution in [3.8, 4) is 6.07 Å². The van der Waals surface area contributed by atoms with Gasteiger partial charge in [0.1, 0.15) is 6.07 Å². The molecule has 0 bridgehead atoms. The Morgan fingerprint density at radius 1 is 1.53 bits per heavy atom. The monoisotopic (exact) mass is 259 g/mol. The molecule has 19 heavy (non-hydrogen) atoms. The summed E-state index contributed by atoms with van der Waals surface area (Å²) in [5, 5.41) is 21.2. The smallest absolute Gasteiger partial charge is 0.238 e. The summed E-state index contributed by atoms with van der Waals surface area (Å²) < 4.78 is 0. The third kappa shape index (κ3) is 3.78. The van der Waals surface area contributed by atoms with Gasteiger partial charge in [-0.25, -0.2) is 0 Å². The van der Waals surface area contributed by atoms with Crippen molar-refractivity contribution in [2.45, 2.75) is 18.9 Å². The summed E-state index contributed by atoms with van der Waals surface area (Å²) in [6.45, 7) is 1.61. The van der Waals surface area contributed by atoms with Crippen molar-refractivity contribution in [2.24, 2.45) is 0 Å². The molecule has 1 fully saturated rings. The number of aliphatic hydroxyl groups excluding tert-OH is 1. The number of carbonyl (C=O) groups is 1. The summed E-state index contributed by atoms with van der Waals surface area (Å²) >= 11 is 0. The molecular weight excluding hydrogens is 242 g/mol. The van der Waals surface area contributed by atoms with E-state index in [4.69, 9.17) is 5.26 Å². The lowest BCUT2D eigenvalue weighted by molar-refractivity contribution is -0.118. The van der Waals surface area contributed by atoms with E-state index < -0.39 is 0 Å². The number of nitrogens with zero attached hydrogens (tertiary/aromatic N) is 2. The van der Waals surface area contributed by atoms with Crippen LogP contribution >= 0.6 is 0 Å². The van der Waals surface area contributed by atoms with E-state index in [0.29, 0.717) is 17.8 Å². The first-order chi connectivity index (χ1) is 9.19. The molecule has 2 N–H and O–H groups in total. The van der Waals surface area contributed by atoms with Gasteiger partial charge in [0.2, 0.25) is 5.91 Å². The molecule has 5 heteroatoms. The Kier molecular flexibility index (Phi) is 4.50. The third-order valence-electron chi connectivity index (χ3n) is 3.17. The van der Waals surface area contributed by atoms with Gasteiger partial charge in [0, 0.05) is 6.54 Å². The molecule has 2 rings (SSSR count). The topological polar surface area (TPSA) is 76.4 Å². The summed E-state index contributed by atoms with van der Waals surface area (Å²) in [6, 6.07) is 8.96. The van der Waals surface area contributed by atoms with Gasteiger partial charge in [-0.05, 0) is 31.5 Å². The molecule has 0 radical (unpaired) electrons. The number of para-hydroxylation sites is 1. The predicted octanol–water partition coefficient (Wildman–Crippen LogP) is 0.953. The van der Waals surface area contributed by atoms with Gasteiger partial charge in [-0.1, -0.05) is 12.1 Å². The van der Waals surface area contributed by atoms with E-state index >= 15 is 0 Å². The third-order valence-corrected chi connectivity index (χ3v) is 3.17. The highest BCUT2D eigenvalue weighted by atomic mass is 16.3. The van der Waals surface area contributed by atoms with E-state index in [1.807, 2.05) is 11.0 Å². The Balaban J connectivity index is 1.92. The number of benzene rings is 1. The zero-order valence-corrected chi connectivity index (χ0v) is 10.7. The fourth-order valence-electron chi connectivity index (χ4n) is 2.26. The Morgan fingerprint density at radius 3 is 3.05 bits per heavy atom. The zero-order chi connectivity index (χ0) is 13.7. The minimum absolute atomic E-state index is 0.156. The molecule has 1 aliphatic rings. The number of aliphatic hydroxyl groups is 1. The van der Waals surface area contributed by atoms with Crippen LogP contribution < -0.4 is 5.32 Å². The molecule has 5 nitrogen and oxygen atoms in total. The maximum absolute atomic E-state index is 11.9. The molecule has 1 amide bonds. The van der Waals surface area contributed by atoms with Crippen LogP contribution in [-0.2, 0) is 4.79 Å². The number of β-amino-alcohol motifs (C(OH)–C–C–N with tert-alkyl or cyclic N) is 1. The van der Waals surface area contributed by atoms with Crippen molar-refractivity contribution in [3.05, 3.63) is 29.8 Å². The van der Waals surface area contributed by atoms with Gasteiger partial charge in [-0.15, -0.1) is 0 Å². The Bertz CT molecular complexity index is 496. The molecule has 0 aliphatic carbocycles. The lowest BCUT2D eigenvalue weighted by Crippen LogP contribution is -2.42. The van der Waals surface area contributed by atoms with Crippen LogP contribution in [0.1, 0.15) is 18.4 Å². The number of hydrogen-bond acceptors (Lipinski definition) is 4. The van der Waals surface area contributed by atoms with Crippen molar-refractivity contribution in [1.29, 1.82) is 5.26 Å². The second kappa shape index (κ2) is 6.32. The second-order valence-electron chi connectivity index (χ2n) is 4.74. The van der Waals surface area contributed by atoms with E-state index in [-0.39, 0.29) is 18.6 Å². The summed E-state index contributed by atoms with van der Waals surface area (Å²) in [6.07, 6.45) is 1.37. The predicted molar refractivity (Wildman–Crippen MR) is 71.5 cm³/mol. The summed E-state index contributed by atoms with van der Waals surface area (Å²) in [5.41, 5.74) is 0.988. The van der Waals surface area contributed by atoms with Gasteiger partial charge in [-0.3, -0.25) is 9.69 Å². The maximum atomic E-state index is 11.9. The fourth-order valence-corrected chi connectivity index (χ4v) is 2.26. The van der Waals surface area contributed by atoms with E-state index in [2.05, 4.69) is 5.32 Å². The molecule has 1 atom stereocenters. The first kappa shape index (κ1) is 13.5. The first-order valence-electron chi connectivity index (χ1n) is 6.38. The van der Waals surface area contributed by atoms with Gasteiger partial charge >= 0.3 is 0 Å². The number of amides is 1. The Labute approximate surface area is 112 Å². The Morgan fingerprint density at radius 2 is 2.32 bits per heavy atom. The number of nitriles is 1. The minimum atomic E-state index is -0.340. The number of nitrogens with one attached hydrogen (secondary N) is 1. The molecule has 0 saturated carbocycles. The maximum Gasteiger partial charge on any atom is 0.238 e. The molecule has 100 valence electrons. The van der Waals surface area contributed by atoms with Crippen LogP contribution in [0, 0.1) is 11.3 Å². The molecule has 1 unspecified atom stereocenters. The highest BCUT2D eigenvalue weighted by Gasteiger charge is 2.19. The van der Waals surface area contributed by atoms with Crippen LogP contribution in [0.4, 0.5) is 5.69 Å². The van der Waals surface area contributed by atoms with Crippen LogP contribution in [-0.4, -0.2) is 41.7 Å². The van der Waals surface area contributed by atoms with Crippen LogP contribution in [0.15, 0.2) is 24.3 Å². The van der Waals surface area contributed by atoms with Crippen LogP contribution in [0.3, 0.4) is 0 Å². The molecule has 0 aromatic heterocycles. The van der Waals surface area contributed by atoms with Gasteiger partial charge in [0.15, 0.2) is 0 Å². The number of rotatable bonds is 3. The van der Waals surface area contributed by atoms with Crippen LogP contribution in [0.2, 0.25) is 0 Å². The lowest BCUT2D eigenvalue weighted by Gasteiger charge is -2.29. The van der Waals surface area contributed by atoms with Crippen molar-refractivity contribution in [3.63, 3.8) is 0 Å². The SMILES string of the molecule is N#Cc1ccccc1NC(=O)CN1CCCC(O)C1. The van der Waals surface area contributed by atoms with Gasteiger partial charge in [0.25, 0.3) is 0 Å². The van der Waals surface area contributed by atoms with E-state index in [0.717, 1.165) is 19.4 Å². The van der Waals surface area contributed by atoms with E-state index in [9.17, 15) is 9.90 Å². The molecule has 1 heterocycles. The lowest BCUT2D eigenvalue weighted by atomic mass is 10.1. The number of hydrogen-bond donors (Lipinski definition) is 2. The number of anilines is 1. The largest absolute Gasteiger partial charge is 0.392 e. The minimum Gasteiger partial charge on any atom is -0.392 e. The Hall–Kier alpha value is -1.90. The standard InChI is InChI=1S/C14H17N3O2/c15-8-11-4-1-2-6-13(11)16-14(19)10-17-7-3-5-12(18)9-17/h1-2,4,6,12,18H,3,5,7,9-10H2,(H,16,19). The van der Waals surface area contributed by atoms with E-state index in [1.165, 1.54) is 0 Å². The average molecular weight is 259 g/mol. The van der Waals surface area contributed by atoms with Crippen LogP contribution in [0.5, 0.6) is 0 Å². The van der Waals surface area contributed by atoms with Crippen molar-refractivity contribution in [1.82, 2.24) is 4.90 Å². The highest BCUT2D eigenvalue weighted by molar-refractivity contribution is 5.93. The van der Waals surface area contributed by atoms with E-state index in [1.54, 1.807) is 24.3 Å². The van der Waals surface area contributed by atoms with Crippen molar-refractivity contribution < 1.29 is 9.90 Å². The van der Waals surface area contributed by atoms with Crippen LogP contribution in [0.25, 0.3) is 0 Å². The first-order valence-corrected chi connectivity index (χ1v) is 6.38. The highest BCUT2D eigenvalue weighted by Crippen LogP contribution is 2.14. The normalized spacial score (nSPS) is 19.7. The molecule has 1 aromatic carbocycles. The number of piperidine rings is 1. The zero-order valence-electron chi connectivity index (χ0n) is 10.7. The molecule has 0 spiro atoms. The molecule has 1 saturated heterocycles. The van der Waals surface area contributed by atoms with Crippen molar-refractivity contribution in [2.75, 3.05) is 25.0 Å². The molecule has 1 aromatic rings. The molecule has 1 aliphatic heterocycles. The van der Waals surface area contributed by atoms with Crippen molar-refractivity contribution >= 4 is 11.6 Å². The summed E-state index contributed by atoms with van der Waals surface area (Å²) in [7, 11) is 0. The average Bonchev–Trinajstić information content (AvgIpc) is 2.39. The number of likely N-dealkylation sites (tertiary alicyclic amines) is 1. The summed E-state index contributed by atoms with van der Waals surface area (Å²) in [5.74, 6) is -0.156. The number of carbonyl (C=O) groups excluding carboxylic acids is 1. The second-order valence-corrected chi connectivity index (χ2v) is 4.74. The fraction of sp³-hybridized carbons (Fsp3) is 0.429. The molecular formula is C14H17N3O2. The van der Waals surface area contributed by atoms with Gasteiger partial charge < -0.3 is 10.4 Å². The van der Waals surface area contributed by atoms with Gasteiger partial charge in [-0.2, -0.15) is 5.26 Å². The quantitative estimate of drug-likeness (QED) is 0.847.